The van der Waals surface area contributed by atoms with Crippen molar-refractivity contribution in [2.24, 2.45) is 0 Å². The highest BCUT2D eigenvalue weighted by Crippen LogP contribution is 2.02. The standard InChI is InChI=1S/C7H12O2.C6H6O/c1-3-5-6-9-7(8)4-2;7-6-4-2-1-3-5-6/h4H,2-3,5-6H2,1H3;1-5,7H. The second kappa shape index (κ2) is 9.77. The zero-order valence-corrected chi connectivity index (χ0v) is 9.56. The quantitative estimate of drug-likeness (QED) is 0.484. The number of phenolic OH excluding ortho intramolecular Hbond substituents is 1. The molecule has 0 spiro atoms. The van der Waals surface area contributed by atoms with Gasteiger partial charge in [0.25, 0.3) is 0 Å². The topological polar surface area (TPSA) is 46.5 Å². The van der Waals surface area contributed by atoms with Crippen LogP contribution in [-0.2, 0) is 9.53 Å². The predicted octanol–water partition coefficient (Wildman–Crippen LogP) is 2.91. The number of hydrogen-bond donors (Lipinski definition) is 1. The molecule has 0 saturated carbocycles. The molecule has 3 nitrogen and oxygen atoms in total. The minimum atomic E-state index is -0.330. The number of esters is 1. The normalized spacial score (nSPS) is 8.56. The molecular weight excluding hydrogens is 204 g/mol. The Labute approximate surface area is 96.4 Å². The maximum atomic E-state index is 10.3. The highest BCUT2D eigenvalue weighted by atomic mass is 16.5. The van der Waals surface area contributed by atoms with Crippen molar-refractivity contribution in [3.63, 3.8) is 0 Å². The third-order valence-corrected chi connectivity index (χ3v) is 1.67. The number of unbranched alkanes of at least 4 members (excludes halogenated alkanes) is 1. The molecular formula is C13H18O3. The molecule has 16 heavy (non-hydrogen) atoms. The van der Waals surface area contributed by atoms with Crippen LogP contribution >= 0.6 is 0 Å². The Morgan fingerprint density at radius 1 is 1.44 bits per heavy atom. The van der Waals surface area contributed by atoms with E-state index in [0.29, 0.717) is 12.4 Å². The predicted molar refractivity (Wildman–Crippen MR) is 64.2 cm³/mol. The third kappa shape index (κ3) is 8.81. The Hall–Kier alpha value is -1.77. The summed E-state index contributed by atoms with van der Waals surface area (Å²) >= 11 is 0. The molecule has 0 fully saturated rings. The summed E-state index contributed by atoms with van der Waals surface area (Å²) in [6.07, 6.45) is 3.15. The molecule has 0 bridgehead atoms. The summed E-state index contributed by atoms with van der Waals surface area (Å²) in [5.41, 5.74) is 0. The number of benzene rings is 1. The van der Waals surface area contributed by atoms with Gasteiger partial charge in [0.05, 0.1) is 6.61 Å². The molecule has 0 aliphatic carbocycles. The Balaban J connectivity index is 0.000000288. The van der Waals surface area contributed by atoms with Crippen molar-refractivity contribution in [3.05, 3.63) is 43.0 Å². The number of hydrogen-bond acceptors (Lipinski definition) is 3. The number of carbonyl (C=O) groups is 1. The van der Waals surface area contributed by atoms with Crippen LogP contribution in [0, 0.1) is 0 Å². The Kier molecular flexibility index (Phi) is 8.69. The fraction of sp³-hybridized carbons (Fsp3) is 0.308. The smallest absolute Gasteiger partial charge is 0.330 e. The highest BCUT2D eigenvalue weighted by Gasteiger charge is 1.91. The average Bonchev–Trinajstić information content (AvgIpc) is 2.31. The first-order valence-electron chi connectivity index (χ1n) is 5.24. The SMILES string of the molecule is C=CC(=O)OCCCC.Oc1ccccc1. The van der Waals surface area contributed by atoms with Crippen LogP contribution in [0.5, 0.6) is 5.75 Å². The van der Waals surface area contributed by atoms with Crippen molar-refractivity contribution in [2.45, 2.75) is 19.8 Å². The zero-order valence-electron chi connectivity index (χ0n) is 9.56. The molecule has 0 aliphatic rings. The van der Waals surface area contributed by atoms with Crippen molar-refractivity contribution in [2.75, 3.05) is 6.61 Å². The summed E-state index contributed by atoms with van der Waals surface area (Å²) in [7, 11) is 0. The molecule has 1 N–H and O–H groups in total. The van der Waals surface area contributed by atoms with Crippen molar-refractivity contribution >= 4 is 5.97 Å². The number of carbonyl (C=O) groups excluding carboxylic acids is 1. The lowest BCUT2D eigenvalue weighted by Crippen LogP contribution is -2.00. The fourth-order valence-electron chi connectivity index (χ4n) is 0.804. The van der Waals surface area contributed by atoms with Gasteiger partial charge in [-0.2, -0.15) is 0 Å². The van der Waals surface area contributed by atoms with E-state index in [4.69, 9.17) is 5.11 Å². The van der Waals surface area contributed by atoms with Gasteiger partial charge in [-0.15, -0.1) is 0 Å². The zero-order chi connectivity index (χ0) is 12.2. The number of aromatic hydroxyl groups is 1. The van der Waals surface area contributed by atoms with Crippen LogP contribution in [0.15, 0.2) is 43.0 Å². The van der Waals surface area contributed by atoms with Gasteiger partial charge in [-0.1, -0.05) is 38.1 Å². The number of phenols is 1. The third-order valence-electron chi connectivity index (χ3n) is 1.67. The van der Waals surface area contributed by atoms with E-state index in [1.54, 1.807) is 24.3 Å². The van der Waals surface area contributed by atoms with Gasteiger partial charge in [0.1, 0.15) is 5.75 Å². The lowest BCUT2D eigenvalue weighted by molar-refractivity contribution is -0.137. The molecule has 0 unspecified atom stereocenters. The molecule has 1 aromatic carbocycles. The van der Waals surface area contributed by atoms with E-state index in [1.165, 1.54) is 6.08 Å². The first-order valence-corrected chi connectivity index (χ1v) is 5.24. The summed E-state index contributed by atoms with van der Waals surface area (Å²) in [6, 6.07) is 8.71. The van der Waals surface area contributed by atoms with E-state index in [0.717, 1.165) is 12.8 Å². The minimum Gasteiger partial charge on any atom is -0.508 e. The second-order valence-electron chi connectivity index (χ2n) is 3.06. The Bertz CT molecular complexity index is 293. The molecule has 88 valence electrons. The van der Waals surface area contributed by atoms with Crippen LogP contribution in [0.1, 0.15) is 19.8 Å². The van der Waals surface area contributed by atoms with Crippen LogP contribution in [0.25, 0.3) is 0 Å². The van der Waals surface area contributed by atoms with Crippen molar-refractivity contribution in [3.8, 4) is 5.75 Å². The van der Waals surface area contributed by atoms with Gasteiger partial charge in [-0.05, 0) is 18.6 Å². The van der Waals surface area contributed by atoms with E-state index >= 15 is 0 Å². The van der Waals surface area contributed by atoms with E-state index in [1.807, 2.05) is 13.0 Å². The van der Waals surface area contributed by atoms with Crippen LogP contribution in [0.4, 0.5) is 0 Å². The summed E-state index contributed by atoms with van der Waals surface area (Å²) < 4.78 is 4.67. The summed E-state index contributed by atoms with van der Waals surface area (Å²) in [5, 5.41) is 8.63. The fourth-order valence-corrected chi connectivity index (χ4v) is 0.804. The van der Waals surface area contributed by atoms with Crippen LogP contribution in [0.2, 0.25) is 0 Å². The molecule has 0 aliphatic heterocycles. The van der Waals surface area contributed by atoms with Gasteiger partial charge in [0, 0.05) is 6.08 Å². The molecule has 1 aromatic rings. The first kappa shape index (κ1) is 14.2. The second-order valence-corrected chi connectivity index (χ2v) is 3.06. The summed E-state index contributed by atoms with van der Waals surface area (Å²) in [4.78, 5) is 10.3. The van der Waals surface area contributed by atoms with E-state index < -0.39 is 0 Å². The highest BCUT2D eigenvalue weighted by molar-refractivity contribution is 5.81. The largest absolute Gasteiger partial charge is 0.508 e. The maximum Gasteiger partial charge on any atom is 0.330 e. The first-order chi connectivity index (χ1) is 7.70. The van der Waals surface area contributed by atoms with E-state index in [-0.39, 0.29) is 5.97 Å². The number of rotatable bonds is 4. The van der Waals surface area contributed by atoms with Gasteiger partial charge in [-0.25, -0.2) is 4.79 Å². The van der Waals surface area contributed by atoms with E-state index in [9.17, 15) is 4.79 Å². The molecule has 0 heterocycles. The van der Waals surface area contributed by atoms with Gasteiger partial charge in [0.15, 0.2) is 0 Å². The molecule has 0 amide bonds. The monoisotopic (exact) mass is 222 g/mol. The summed E-state index contributed by atoms with van der Waals surface area (Å²) in [6.45, 7) is 5.82. The molecule has 0 saturated heterocycles. The van der Waals surface area contributed by atoms with Gasteiger partial charge >= 0.3 is 5.97 Å². The van der Waals surface area contributed by atoms with Crippen LogP contribution in [0.3, 0.4) is 0 Å². The lowest BCUT2D eigenvalue weighted by atomic mass is 10.3. The summed E-state index contributed by atoms with van der Waals surface area (Å²) in [5.74, 6) is -0.00838. The number of ether oxygens (including phenoxy) is 1. The average molecular weight is 222 g/mol. The molecule has 0 radical (unpaired) electrons. The Morgan fingerprint density at radius 3 is 2.44 bits per heavy atom. The van der Waals surface area contributed by atoms with E-state index in [2.05, 4.69) is 11.3 Å². The van der Waals surface area contributed by atoms with Crippen molar-refractivity contribution < 1.29 is 14.6 Å². The minimum absolute atomic E-state index is 0.322. The van der Waals surface area contributed by atoms with Crippen LogP contribution in [-0.4, -0.2) is 17.7 Å². The molecule has 3 heteroatoms. The number of para-hydroxylation sites is 1. The van der Waals surface area contributed by atoms with Gasteiger partial charge < -0.3 is 9.84 Å². The van der Waals surface area contributed by atoms with Gasteiger partial charge in [0.2, 0.25) is 0 Å². The molecule has 0 atom stereocenters. The van der Waals surface area contributed by atoms with Crippen LogP contribution < -0.4 is 0 Å². The lowest BCUT2D eigenvalue weighted by Gasteiger charge is -1.97. The molecule has 1 rings (SSSR count). The Morgan fingerprint density at radius 2 is 2.06 bits per heavy atom. The van der Waals surface area contributed by atoms with Crippen molar-refractivity contribution in [1.29, 1.82) is 0 Å². The van der Waals surface area contributed by atoms with Crippen molar-refractivity contribution in [1.82, 2.24) is 0 Å². The maximum absolute atomic E-state index is 10.3. The molecule has 0 aromatic heterocycles. The van der Waals surface area contributed by atoms with Gasteiger partial charge in [-0.3, -0.25) is 0 Å².